The predicted octanol–water partition coefficient (Wildman–Crippen LogP) is 2.34. The maximum absolute atomic E-state index is 11.8. The summed E-state index contributed by atoms with van der Waals surface area (Å²) >= 11 is 3.29. The highest BCUT2D eigenvalue weighted by Gasteiger charge is 2.05. The second-order valence-corrected chi connectivity index (χ2v) is 5.31. The van der Waals surface area contributed by atoms with E-state index in [4.69, 9.17) is 0 Å². The van der Waals surface area contributed by atoms with Gasteiger partial charge in [0.05, 0.1) is 0 Å². The van der Waals surface area contributed by atoms with Gasteiger partial charge in [-0.05, 0) is 40.5 Å². The van der Waals surface area contributed by atoms with E-state index in [2.05, 4.69) is 26.2 Å². The van der Waals surface area contributed by atoms with Crippen LogP contribution in [0.1, 0.15) is 12.0 Å². The minimum atomic E-state index is -0.173. The van der Waals surface area contributed by atoms with Gasteiger partial charge in [0.15, 0.2) is 0 Å². The summed E-state index contributed by atoms with van der Waals surface area (Å²) in [5.41, 5.74) is 0.901. The molecule has 5 nitrogen and oxygen atoms in total. The molecule has 2 rings (SSSR count). The van der Waals surface area contributed by atoms with Crippen molar-refractivity contribution in [3.05, 3.63) is 57.0 Å². The van der Waals surface area contributed by atoms with Gasteiger partial charge in [0.25, 0.3) is 5.56 Å². The lowest BCUT2D eigenvalue weighted by molar-refractivity contribution is -0.116. The number of nitrogens with one attached hydrogen (secondary N) is 1. The number of carbonyl (C=O) groups is 1. The normalized spacial score (nSPS) is 10.3. The van der Waals surface area contributed by atoms with Crippen molar-refractivity contribution in [1.29, 1.82) is 0 Å². The van der Waals surface area contributed by atoms with Gasteiger partial charge in [-0.3, -0.25) is 9.59 Å². The Labute approximate surface area is 124 Å². The second kappa shape index (κ2) is 6.47. The molecule has 0 bridgehead atoms. The zero-order chi connectivity index (χ0) is 14.5. The van der Waals surface area contributed by atoms with Crippen LogP contribution in [0, 0.1) is 6.92 Å². The average Bonchev–Trinajstić information content (AvgIpc) is 2.42. The lowest BCUT2D eigenvalue weighted by Gasteiger charge is -2.07. The Morgan fingerprint density at radius 1 is 1.35 bits per heavy atom. The topological polar surface area (TPSA) is 64.0 Å². The van der Waals surface area contributed by atoms with Crippen molar-refractivity contribution in [2.24, 2.45) is 0 Å². The summed E-state index contributed by atoms with van der Waals surface area (Å²) in [6.07, 6.45) is 3.57. The van der Waals surface area contributed by atoms with Gasteiger partial charge in [-0.15, -0.1) is 0 Å². The first-order valence-electron chi connectivity index (χ1n) is 6.13. The first-order chi connectivity index (χ1) is 9.54. The molecule has 1 N–H and O–H groups in total. The van der Waals surface area contributed by atoms with Crippen molar-refractivity contribution in [3.8, 4) is 0 Å². The van der Waals surface area contributed by atoms with E-state index < -0.39 is 0 Å². The first-order valence-corrected chi connectivity index (χ1v) is 6.92. The molecule has 2 heterocycles. The summed E-state index contributed by atoms with van der Waals surface area (Å²) < 4.78 is 2.30. The summed E-state index contributed by atoms with van der Waals surface area (Å²) in [5, 5.41) is 2.70. The monoisotopic (exact) mass is 335 g/mol. The number of pyridine rings is 2. The maximum atomic E-state index is 11.8. The second-order valence-electron chi connectivity index (χ2n) is 4.40. The Morgan fingerprint density at radius 2 is 2.15 bits per heavy atom. The van der Waals surface area contributed by atoms with E-state index in [1.54, 1.807) is 24.5 Å². The van der Waals surface area contributed by atoms with Crippen LogP contribution in [0.4, 0.5) is 5.82 Å². The van der Waals surface area contributed by atoms with Gasteiger partial charge in [-0.25, -0.2) is 4.98 Å². The van der Waals surface area contributed by atoms with Crippen molar-refractivity contribution < 1.29 is 4.79 Å². The summed E-state index contributed by atoms with van der Waals surface area (Å²) in [7, 11) is 0. The molecule has 0 aliphatic rings. The Morgan fingerprint density at radius 3 is 2.85 bits per heavy atom. The number of halogens is 1. The molecule has 20 heavy (non-hydrogen) atoms. The average molecular weight is 336 g/mol. The molecule has 2 aromatic rings. The summed E-state index contributed by atoms with van der Waals surface area (Å²) in [4.78, 5) is 27.5. The molecule has 6 heteroatoms. The van der Waals surface area contributed by atoms with Gasteiger partial charge in [0.2, 0.25) is 5.91 Å². The van der Waals surface area contributed by atoms with Crippen LogP contribution in [0.25, 0.3) is 0 Å². The Hall–Kier alpha value is -1.95. The van der Waals surface area contributed by atoms with E-state index in [0.29, 0.717) is 12.4 Å². The minimum Gasteiger partial charge on any atom is -0.314 e. The number of carbonyl (C=O) groups excluding carboxylic acids is 1. The molecule has 1 amide bonds. The highest BCUT2D eigenvalue weighted by atomic mass is 79.9. The molecular weight excluding hydrogens is 322 g/mol. The molecule has 2 aromatic heterocycles. The van der Waals surface area contributed by atoms with E-state index in [1.807, 2.05) is 13.0 Å². The van der Waals surface area contributed by atoms with Crippen molar-refractivity contribution >= 4 is 27.7 Å². The molecule has 0 aliphatic heterocycles. The van der Waals surface area contributed by atoms with Crippen LogP contribution >= 0.6 is 15.9 Å². The summed E-state index contributed by atoms with van der Waals surface area (Å²) in [6, 6.07) is 6.76. The molecule has 0 aliphatic carbocycles. The van der Waals surface area contributed by atoms with Crippen molar-refractivity contribution in [3.63, 3.8) is 0 Å². The molecule has 0 aromatic carbocycles. The van der Waals surface area contributed by atoms with Crippen LogP contribution in [0.15, 0.2) is 45.9 Å². The third kappa shape index (κ3) is 4.03. The number of amides is 1. The lowest BCUT2D eigenvalue weighted by Crippen LogP contribution is -2.22. The number of hydrogen-bond acceptors (Lipinski definition) is 3. The number of nitrogens with zero attached hydrogens (tertiary/aromatic N) is 2. The molecule has 0 saturated carbocycles. The fourth-order valence-corrected chi connectivity index (χ4v) is 2.03. The van der Waals surface area contributed by atoms with E-state index in [-0.39, 0.29) is 17.9 Å². The lowest BCUT2D eigenvalue weighted by atomic mass is 10.3. The van der Waals surface area contributed by atoms with E-state index >= 15 is 0 Å². The first kappa shape index (κ1) is 14.5. The third-order valence-electron chi connectivity index (χ3n) is 2.71. The van der Waals surface area contributed by atoms with Crippen molar-refractivity contribution in [2.75, 3.05) is 5.32 Å². The quantitative estimate of drug-likeness (QED) is 0.932. The molecule has 0 unspecified atom stereocenters. The van der Waals surface area contributed by atoms with Crippen LogP contribution in [0.2, 0.25) is 0 Å². The Bertz CT molecular complexity index is 665. The number of hydrogen-bond donors (Lipinski definition) is 1. The number of aryl methyl sites for hydroxylation is 2. The fraction of sp³-hybridized carbons (Fsp3) is 0.214. The summed E-state index contributed by atoms with van der Waals surface area (Å²) in [5.74, 6) is 0.343. The zero-order valence-electron chi connectivity index (χ0n) is 11.0. The fourth-order valence-electron chi connectivity index (χ4n) is 1.65. The van der Waals surface area contributed by atoms with Crippen molar-refractivity contribution in [1.82, 2.24) is 9.55 Å². The van der Waals surface area contributed by atoms with Gasteiger partial charge in [-0.1, -0.05) is 6.07 Å². The Kier molecular flexibility index (Phi) is 4.68. The van der Waals surface area contributed by atoms with Gasteiger partial charge in [0.1, 0.15) is 5.82 Å². The molecule has 0 fully saturated rings. The molecular formula is C14H14BrN3O2. The van der Waals surface area contributed by atoms with Gasteiger partial charge >= 0.3 is 0 Å². The molecule has 104 valence electrons. The standard InChI is InChI=1S/C14H14BrN3O2/c1-10-2-4-12(16-8-10)17-13(19)6-7-18-9-11(15)3-5-14(18)20/h2-5,8-9H,6-7H2,1H3,(H,16,17,19). The van der Waals surface area contributed by atoms with Gasteiger partial charge in [-0.2, -0.15) is 0 Å². The van der Waals surface area contributed by atoms with Crippen LogP contribution in [-0.4, -0.2) is 15.5 Å². The third-order valence-corrected chi connectivity index (χ3v) is 3.18. The van der Waals surface area contributed by atoms with Crippen LogP contribution in [0.5, 0.6) is 0 Å². The Balaban J connectivity index is 1.93. The van der Waals surface area contributed by atoms with Crippen molar-refractivity contribution in [2.45, 2.75) is 19.9 Å². The molecule has 0 atom stereocenters. The molecule has 0 radical (unpaired) electrons. The number of aromatic nitrogens is 2. The van der Waals surface area contributed by atoms with E-state index in [0.717, 1.165) is 10.0 Å². The largest absolute Gasteiger partial charge is 0.314 e. The van der Waals surface area contributed by atoms with E-state index in [1.165, 1.54) is 10.6 Å². The molecule has 0 spiro atoms. The van der Waals surface area contributed by atoms with Crippen LogP contribution in [-0.2, 0) is 11.3 Å². The summed E-state index contributed by atoms with van der Waals surface area (Å²) in [6.45, 7) is 2.26. The zero-order valence-corrected chi connectivity index (χ0v) is 12.6. The predicted molar refractivity (Wildman–Crippen MR) is 80.6 cm³/mol. The van der Waals surface area contributed by atoms with E-state index in [9.17, 15) is 9.59 Å². The smallest absolute Gasteiger partial charge is 0.250 e. The van der Waals surface area contributed by atoms with Gasteiger partial charge in [0, 0.05) is 35.9 Å². The maximum Gasteiger partial charge on any atom is 0.250 e. The molecule has 0 saturated heterocycles. The highest BCUT2D eigenvalue weighted by molar-refractivity contribution is 9.10. The highest BCUT2D eigenvalue weighted by Crippen LogP contribution is 2.06. The SMILES string of the molecule is Cc1ccc(NC(=O)CCn2cc(Br)ccc2=O)nc1. The van der Waals surface area contributed by atoms with Crippen LogP contribution in [0.3, 0.4) is 0 Å². The number of anilines is 1. The van der Waals surface area contributed by atoms with Gasteiger partial charge < -0.3 is 9.88 Å². The van der Waals surface area contributed by atoms with Crippen LogP contribution < -0.4 is 10.9 Å². The number of rotatable bonds is 4. The minimum absolute atomic E-state index is 0.130.